The van der Waals surface area contributed by atoms with Gasteiger partial charge in [-0.3, -0.25) is 4.72 Å². The first-order valence-corrected chi connectivity index (χ1v) is 7.23. The van der Waals surface area contributed by atoms with E-state index >= 15 is 0 Å². The van der Waals surface area contributed by atoms with E-state index in [9.17, 15) is 0 Å². The summed E-state index contributed by atoms with van der Waals surface area (Å²) in [5.41, 5.74) is 1.23. The van der Waals surface area contributed by atoms with Crippen molar-refractivity contribution < 1.29 is 4.74 Å². The number of hydrogen-bond acceptors (Lipinski definition) is 3. The summed E-state index contributed by atoms with van der Waals surface area (Å²) in [7, 11) is 1.73. The molecular formula is C15H25NOS. The maximum Gasteiger partial charge on any atom is 0.123 e. The minimum atomic E-state index is 0.204. The molecule has 0 radical (unpaired) electrons. The zero-order chi connectivity index (χ0) is 13.8. The molecule has 0 fully saturated rings. The Labute approximate surface area is 116 Å². The molecule has 1 N–H and O–H groups in total. The maximum absolute atomic E-state index is 5.46. The van der Waals surface area contributed by atoms with Crippen LogP contribution in [-0.2, 0) is 0 Å². The van der Waals surface area contributed by atoms with E-state index in [0.717, 1.165) is 5.75 Å². The molecule has 0 bridgehead atoms. The van der Waals surface area contributed by atoms with Gasteiger partial charge >= 0.3 is 0 Å². The summed E-state index contributed by atoms with van der Waals surface area (Å²) < 4.78 is 9.25. The fraction of sp³-hybridized carbons (Fsp3) is 0.600. The van der Waals surface area contributed by atoms with Gasteiger partial charge in [0, 0.05) is 16.4 Å². The number of benzene rings is 1. The molecule has 0 aliphatic rings. The van der Waals surface area contributed by atoms with Crippen molar-refractivity contribution >= 4 is 11.9 Å². The van der Waals surface area contributed by atoms with Gasteiger partial charge < -0.3 is 4.74 Å². The molecule has 0 spiro atoms. The fourth-order valence-electron chi connectivity index (χ4n) is 1.72. The van der Waals surface area contributed by atoms with E-state index in [-0.39, 0.29) is 4.75 Å². The normalized spacial score (nSPS) is 13.7. The molecule has 0 heterocycles. The van der Waals surface area contributed by atoms with Crippen molar-refractivity contribution in [1.29, 1.82) is 0 Å². The maximum atomic E-state index is 5.46. The lowest BCUT2D eigenvalue weighted by molar-refractivity contribution is 0.391. The van der Waals surface area contributed by atoms with E-state index in [4.69, 9.17) is 4.74 Å². The molecule has 1 atom stereocenters. The Morgan fingerprint density at radius 3 is 2.28 bits per heavy atom. The van der Waals surface area contributed by atoms with E-state index in [0.29, 0.717) is 12.0 Å². The second-order valence-electron chi connectivity index (χ2n) is 5.80. The second kappa shape index (κ2) is 6.48. The van der Waals surface area contributed by atoms with Gasteiger partial charge in [-0.15, -0.1) is 0 Å². The highest BCUT2D eigenvalue weighted by Crippen LogP contribution is 2.33. The van der Waals surface area contributed by atoms with Gasteiger partial charge in [0.15, 0.2) is 0 Å². The summed E-state index contributed by atoms with van der Waals surface area (Å²) in [5, 5.41) is 0. The summed E-state index contributed by atoms with van der Waals surface area (Å²) >= 11 is 1.78. The van der Waals surface area contributed by atoms with Gasteiger partial charge in [-0.25, -0.2) is 0 Å². The van der Waals surface area contributed by atoms with Gasteiger partial charge in [0.2, 0.25) is 0 Å². The zero-order valence-electron chi connectivity index (χ0n) is 12.3. The minimum Gasteiger partial charge on any atom is -0.496 e. The summed E-state index contributed by atoms with van der Waals surface area (Å²) in [6.07, 6.45) is 0. The van der Waals surface area contributed by atoms with Gasteiger partial charge in [-0.05, 0) is 32.8 Å². The molecule has 1 aromatic carbocycles. The first kappa shape index (κ1) is 15.4. The average molecular weight is 267 g/mol. The molecule has 0 amide bonds. The van der Waals surface area contributed by atoms with Crippen LogP contribution in [-0.4, -0.2) is 11.9 Å². The lowest BCUT2D eigenvalue weighted by Crippen LogP contribution is -2.25. The molecule has 1 rings (SSSR count). The van der Waals surface area contributed by atoms with Crippen molar-refractivity contribution in [2.45, 2.75) is 45.4 Å². The van der Waals surface area contributed by atoms with Crippen LogP contribution in [0.3, 0.4) is 0 Å². The van der Waals surface area contributed by atoms with E-state index in [1.807, 2.05) is 12.1 Å². The Hall–Kier alpha value is -0.670. The van der Waals surface area contributed by atoms with Crippen LogP contribution < -0.4 is 9.46 Å². The SMILES string of the molecule is COc1ccccc1[C@H](NSC(C)(C)C)C(C)C. The summed E-state index contributed by atoms with van der Waals surface area (Å²) in [6, 6.07) is 8.53. The monoisotopic (exact) mass is 267 g/mol. The molecule has 18 heavy (non-hydrogen) atoms. The van der Waals surface area contributed by atoms with E-state index in [1.54, 1.807) is 19.1 Å². The highest BCUT2D eigenvalue weighted by atomic mass is 32.2. The van der Waals surface area contributed by atoms with Crippen LogP contribution in [0.25, 0.3) is 0 Å². The standard InChI is InChI=1S/C15H25NOS/c1-11(2)14(16-18-15(3,4)5)12-9-7-8-10-13(12)17-6/h7-11,14,16H,1-6H3/t14-/m1/s1. The molecule has 1 aromatic rings. The van der Waals surface area contributed by atoms with Gasteiger partial charge in [0.1, 0.15) is 5.75 Å². The van der Waals surface area contributed by atoms with Crippen molar-refractivity contribution in [1.82, 2.24) is 4.72 Å². The lowest BCUT2D eigenvalue weighted by atomic mass is 9.96. The van der Waals surface area contributed by atoms with Crippen LogP contribution in [0.15, 0.2) is 24.3 Å². The summed E-state index contributed by atoms with van der Waals surface area (Å²) in [4.78, 5) is 0. The van der Waals surface area contributed by atoms with Crippen LogP contribution >= 0.6 is 11.9 Å². The molecule has 102 valence electrons. The Kier molecular flexibility index (Phi) is 5.54. The summed E-state index contributed by atoms with van der Waals surface area (Å²) in [5.74, 6) is 1.47. The molecule has 0 saturated carbocycles. The van der Waals surface area contributed by atoms with E-state index in [2.05, 4.69) is 51.5 Å². The summed E-state index contributed by atoms with van der Waals surface area (Å²) in [6.45, 7) is 11.1. The Bertz CT molecular complexity index is 371. The van der Waals surface area contributed by atoms with Gasteiger partial charge in [-0.2, -0.15) is 0 Å². The number of ether oxygens (including phenoxy) is 1. The van der Waals surface area contributed by atoms with E-state index in [1.165, 1.54) is 5.56 Å². The Morgan fingerprint density at radius 2 is 1.78 bits per heavy atom. The largest absolute Gasteiger partial charge is 0.496 e. The number of methoxy groups -OCH3 is 1. The van der Waals surface area contributed by atoms with Crippen LogP contribution in [0.1, 0.15) is 46.2 Å². The van der Waals surface area contributed by atoms with Crippen molar-refractivity contribution in [2.75, 3.05) is 7.11 Å². The zero-order valence-corrected chi connectivity index (χ0v) is 13.1. The van der Waals surface area contributed by atoms with Gasteiger partial charge in [0.25, 0.3) is 0 Å². The minimum absolute atomic E-state index is 0.204. The number of rotatable bonds is 5. The lowest BCUT2D eigenvalue weighted by Gasteiger charge is -2.28. The first-order chi connectivity index (χ1) is 8.35. The molecule has 3 heteroatoms. The number of hydrogen-bond donors (Lipinski definition) is 1. The van der Waals surface area contributed by atoms with Crippen molar-refractivity contribution in [2.24, 2.45) is 5.92 Å². The predicted molar refractivity (Wildman–Crippen MR) is 81.1 cm³/mol. The van der Waals surface area contributed by atoms with Crippen LogP contribution in [0.5, 0.6) is 5.75 Å². The third-order valence-electron chi connectivity index (χ3n) is 2.63. The molecule has 0 aliphatic carbocycles. The van der Waals surface area contributed by atoms with Crippen molar-refractivity contribution in [3.05, 3.63) is 29.8 Å². The smallest absolute Gasteiger partial charge is 0.123 e. The third kappa shape index (κ3) is 4.54. The van der Waals surface area contributed by atoms with Crippen molar-refractivity contribution in [3.8, 4) is 5.75 Å². The number of nitrogens with one attached hydrogen (secondary N) is 1. The van der Waals surface area contributed by atoms with Crippen LogP contribution in [0.4, 0.5) is 0 Å². The first-order valence-electron chi connectivity index (χ1n) is 6.41. The molecule has 0 unspecified atom stereocenters. The van der Waals surface area contributed by atoms with Crippen LogP contribution in [0, 0.1) is 5.92 Å². The average Bonchev–Trinajstić information content (AvgIpc) is 2.28. The number of para-hydroxylation sites is 1. The third-order valence-corrected chi connectivity index (χ3v) is 3.62. The molecule has 0 aliphatic heterocycles. The quantitative estimate of drug-likeness (QED) is 0.798. The highest BCUT2D eigenvalue weighted by molar-refractivity contribution is 7.98. The molecule has 2 nitrogen and oxygen atoms in total. The predicted octanol–water partition coefficient (Wildman–Crippen LogP) is 4.43. The molecular weight excluding hydrogens is 242 g/mol. The van der Waals surface area contributed by atoms with Crippen LogP contribution in [0.2, 0.25) is 0 Å². The topological polar surface area (TPSA) is 21.3 Å². The Balaban J connectivity index is 2.91. The molecule has 0 saturated heterocycles. The Morgan fingerprint density at radius 1 is 1.17 bits per heavy atom. The molecule has 0 aromatic heterocycles. The van der Waals surface area contributed by atoms with E-state index < -0.39 is 0 Å². The van der Waals surface area contributed by atoms with Gasteiger partial charge in [0.05, 0.1) is 7.11 Å². The van der Waals surface area contributed by atoms with Crippen molar-refractivity contribution in [3.63, 3.8) is 0 Å². The highest BCUT2D eigenvalue weighted by Gasteiger charge is 2.22. The second-order valence-corrected chi connectivity index (χ2v) is 7.46. The fourth-order valence-corrected chi connectivity index (χ4v) is 2.60. The van der Waals surface area contributed by atoms with Gasteiger partial charge in [-0.1, -0.05) is 44.0 Å².